The van der Waals surface area contributed by atoms with Crippen LogP contribution in [-0.4, -0.2) is 7.11 Å². The summed E-state index contributed by atoms with van der Waals surface area (Å²) in [6.07, 6.45) is -4.38. The lowest BCUT2D eigenvalue weighted by atomic mass is 10.0. The fourth-order valence-electron chi connectivity index (χ4n) is 1.30. The van der Waals surface area contributed by atoms with Crippen molar-refractivity contribution in [2.24, 2.45) is 5.73 Å². The van der Waals surface area contributed by atoms with Crippen LogP contribution in [0, 0.1) is 0 Å². The van der Waals surface area contributed by atoms with Crippen molar-refractivity contribution in [2.75, 3.05) is 7.11 Å². The smallest absolute Gasteiger partial charge is 0.416 e. The molecular weight excluding hydrogens is 243 g/mol. The minimum absolute atomic E-state index is 0. The molecule has 0 aliphatic rings. The second-order valence-corrected chi connectivity index (χ2v) is 3.24. The summed E-state index contributed by atoms with van der Waals surface area (Å²) < 4.78 is 42.5. The first-order chi connectivity index (χ1) is 6.86. The summed E-state index contributed by atoms with van der Waals surface area (Å²) >= 11 is 0. The van der Waals surface area contributed by atoms with Crippen molar-refractivity contribution < 1.29 is 17.9 Å². The maximum atomic E-state index is 12.5. The van der Waals surface area contributed by atoms with Gasteiger partial charge in [-0.15, -0.1) is 12.4 Å². The predicted octanol–water partition coefficient (Wildman–Crippen LogP) is 3.16. The third-order valence-corrected chi connectivity index (χ3v) is 2.05. The van der Waals surface area contributed by atoms with Crippen LogP contribution < -0.4 is 10.5 Å². The summed E-state index contributed by atoms with van der Waals surface area (Å²) in [4.78, 5) is 0. The Morgan fingerprint density at radius 1 is 1.31 bits per heavy atom. The molecule has 0 aliphatic carbocycles. The molecule has 0 aliphatic heterocycles. The fourth-order valence-corrected chi connectivity index (χ4v) is 1.30. The number of benzene rings is 1. The molecule has 1 rings (SSSR count). The molecule has 0 amide bonds. The Kier molecular flexibility index (Phi) is 5.09. The topological polar surface area (TPSA) is 35.2 Å². The quantitative estimate of drug-likeness (QED) is 0.881. The summed E-state index contributed by atoms with van der Waals surface area (Å²) in [6, 6.07) is 2.89. The van der Waals surface area contributed by atoms with E-state index in [0.717, 1.165) is 6.07 Å². The average Bonchev–Trinajstić information content (AvgIpc) is 2.15. The van der Waals surface area contributed by atoms with Crippen LogP contribution in [-0.2, 0) is 6.18 Å². The van der Waals surface area contributed by atoms with Crippen LogP contribution >= 0.6 is 12.4 Å². The first kappa shape index (κ1) is 15.1. The number of ether oxygens (including phenoxy) is 1. The van der Waals surface area contributed by atoms with Crippen molar-refractivity contribution >= 4 is 12.4 Å². The van der Waals surface area contributed by atoms with E-state index < -0.39 is 17.8 Å². The first-order valence-electron chi connectivity index (χ1n) is 4.37. The number of alkyl halides is 3. The monoisotopic (exact) mass is 255 g/mol. The highest BCUT2D eigenvalue weighted by Gasteiger charge is 2.34. The van der Waals surface area contributed by atoms with Gasteiger partial charge in [0.1, 0.15) is 5.75 Å². The van der Waals surface area contributed by atoms with Crippen molar-refractivity contribution in [1.29, 1.82) is 0 Å². The summed E-state index contributed by atoms with van der Waals surface area (Å²) in [6.45, 7) is 1.50. The summed E-state index contributed by atoms with van der Waals surface area (Å²) in [5.41, 5.74) is 4.81. The highest BCUT2D eigenvalue weighted by molar-refractivity contribution is 5.85. The lowest BCUT2D eigenvalue weighted by Crippen LogP contribution is -2.15. The second-order valence-electron chi connectivity index (χ2n) is 3.24. The van der Waals surface area contributed by atoms with E-state index in [0.29, 0.717) is 5.75 Å². The van der Waals surface area contributed by atoms with Gasteiger partial charge in [-0.25, -0.2) is 0 Å². The summed E-state index contributed by atoms with van der Waals surface area (Å²) in [5.74, 6) is 0.371. The lowest BCUT2D eigenvalue weighted by molar-refractivity contribution is -0.138. The van der Waals surface area contributed by atoms with E-state index in [9.17, 15) is 13.2 Å². The average molecular weight is 256 g/mol. The first-order valence-corrected chi connectivity index (χ1v) is 4.37. The maximum Gasteiger partial charge on any atom is 0.416 e. The molecule has 0 spiro atoms. The van der Waals surface area contributed by atoms with Crippen molar-refractivity contribution in [3.8, 4) is 5.75 Å². The van der Waals surface area contributed by atoms with Crippen LogP contribution in [0.3, 0.4) is 0 Å². The van der Waals surface area contributed by atoms with Gasteiger partial charge in [0.05, 0.1) is 12.7 Å². The van der Waals surface area contributed by atoms with Gasteiger partial charge in [-0.2, -0.15) is 13.2 Å². The predicted molar refractivity (Wildman–Crippen MR) is 57.8 cm³/mol. The van der Waals surface area contributed by atoms with Crippen molar-refractivity contribution in [3.63, 3.8) is 0 Å². The Balaban J connectivity index is 0.00000225. The Hall–Kier alpha value is -0.940. The number of methoxy groups -OCH3 is 1. The van der Waals surface area contributed by atoms with Gasteiger partial charge in [0, 0.05) is 6.04 Å². The lowest BCUT2D eigenvalue weighted by Gasteiger charge is -2.16. The largest absolute Gasteiger partial charge is 0.497 e. The third-order valence-electron chi connectivity index (χ3n) is 2.05. The van der Waals surface area contributed by atoms with Crippen LogP contribution in [0.15, 0.2) is 18.2 Å². The number of rotatable bonds is 2. The molecule has 0 saturated heterocycles. The van der Waals surface area contributed by atoms with E-state index in [2.05, 4.69) is 0 Å². The van der Waals surface area contributed by atoms with E-state index >= 15 is 0 Å². The molecule has 0 fully saturated rings. The Labute approximate surface area is 98.0 Å². The molecule has 2 N–H and O–H groups in total. The second kappa shape index (κ2) is 5.41. The van der Waals surface area contributed by atoms with Gasteiger partial charge >= 0.3 is 6.18 Å². The number of hydrogen-bond acceptors (Lipinski definition) is 2. The summed E-state index contributed by atoms with van der Waals surface area (Å²) in [7, 11) is 1.40. The highest BCUT2D eigenvalue weighted by atomic mass is 35.5. The Morgan fingerprint density at radius 3 is 2.25 bits per heavy atom. The number of nitrogens with two attached hydrogens (primary N) is 1. The normalized spacial score (nSPS) is 12.9. The molecule has 16 heavy (non-hydrogen) atoms. The van der Waals surface area contributed by atoms with Gasteiger partial charge in [-0.1, -0.05) is 0 Å². The SMILES string of the molecule is COc1ccc(C(F)(F)F)c(C(C)N)c1.Cl. The zero-order valence-electron chi connectivity index (χ0n) is 8.84. The molecular formula is C10H13ClF3NO. The van der Waals surface area contributed by atoms with E-state index in [-0.39, 0.29) is 18.0 Å². The molecule has 0 saturated carbocycles. The molecule has 0 aromatic heterocycles. The molecule has 1 aromatic carbocycles. The highest BCUT2D eigenvalue weighted by Crippen LogP contribution is 2.35. The molecule has 0 bridgehead atoms. The van der Waals surface area contributed by atoms with Gasteiger partial charge in [-0.3, -0.25) is 0 Å². The third kappa shape index (κ3) is 3.28. The molecule has 1 atom stereocenters. The van der Waals surface area contributed by atoms with E-state index in [4.69, 9.17) is 10.5 Å². The van der Waals surface area contributed by atoms with E-state index in [1.54, 1.807) is 0 Å². The van der Waals surface area contributed by atoms with Gasteiger partial charge < -0.3 is 10.5 Å². The van der Waals surface area contributed by atoms with Crippen molar-refractivity contribution in [2.45, 2.75) is 19.1 Å². The van der Waals surface area contributed by atoms with Crippen molar-refractivity contribution in [3.05, 3.63) is 29.3 Å². The minimum Gasteiger partial charge on any atom is -0.497 e. The van der Waals surface area contributed by atoms with Crippen LogP contribution in [0.1, 0.15) is 24.1 Å². The molecule has 92 valence electrons. The summed E-state index contributed by atoms with van der Waals surface area (Å²) in [5, 5.41) is 0. The fraction of sp³-hybridized carbons (Fsp3) is 0.400. The number of hydrogen-bond donors (Lipinski definition) is 1. The van der Waals surface area contributed by atoms with Crippen LogP contribution in [0.25, 0.3) is 0 Å². The molecule has 0 heterocycles. The van der Waals surface area contributed by atoms with Gasteiger partial charge in [0.15, 0.2) is 0 Å². The van der Waals surface area contributed by atoms with Crippen LogP contribution in [0.2, 0.25) is 0 Å². The van der Waals surface area contributed by atoms with Crippen LogP contribution in [0.4, 0.5) is 13.2 Å². The van der Waals surface area contributed by atoms with E-state index in [1.807, 2.05) is 0 Å². The van der Waals surface area contributed by atoms with Crippen molar-refractivity contribution in [1.82, 2.24) is 0 Å². The minimum atomic E-state index is -4.38. The van der Waals surface area contributed by atoms with Gasteiger partial charge in [0.2, 0.25) is 0 Å². The Morgan fingerprint density at radius 2 is 1.88 bits per heavy atom. The van der Waals surface area contributed by atoms with Gasteiger partial charge in [0.25, 0.3) is 0 Å². The molecule has 1 aromatic rings. The molecule has 2 nitrogen and oxygen atoms in total. The molecule has 6 heteroatoms. The standard InChI is InChI=1S/C10H12F3NO.ClH/c1-6(14)8-5-7(15-2)3-4-9(8)10(11,12)13;/h3-6H,14H2,1-2H3;1H. The molecule has 0 radical (unpaired) electrons. The zero-order valence-corrected chi connectivity index (χ0v) is 9.65. The van der Waals surface area contributed by atoms with Crippen LogP contribution in [0.5, 0.6) is 5.75 Å². The van der Waals surface area contributed by atoms with Gasteiger partial charge in [-0.05, 0) is 30.7 Å². The zero-order chi connectivity index (χ0) is 11.6. The molecule has 1 unspecified atom stereocenters. The number of halogens is 4. The maximum absolute atomic E-state index is 12.5. The Bertz CT molecular complexity index is 352. The van der Waals surface area contributed by atoms with E-state index in [1.165, 1.54) is 26.2 Å².